The highest BCUT2D eigenvalue weighted by Gasteiger charge is 2.03. The molecular formula is C14H10N6O6. The first kappa shape index (κ1) is 16.6. The van der Waals surface area contributed by atoms with E-state index in [4.69, 9.17) is 0 Å². The average molecular weight is 358 g/mol. The van der Waals surface area contributed by atoms with Gasteiger partial charge in [-0.25, -0.2) is 0 Å². The summed E-state index contributed by atoms with van der Waals surface area (Å²) in [5.74, 6) is 0. The van der Waals surface area contributed by atoms with Crippen molar-refractivity contribution >= 4 is 13.2 Å². The fourth-order valence-corrected chi connectivity index (χ4v) is 2.17. The van der Waals surface area contributed by atoms with E-state index < -0.39 is 54.8 Å². The predicted molar refractivity (Wildman–Crippen MR) is 88.7 cm³/mol. The van der Waals surface area contributed by atoms with Crippen LogP contribution in [0, 0.1) is 21.4 Å². The average Bonchev–Trinajstić information content (AvgIpc) is 2.56. The third kappa shape index (κ3) is 2.60. The lowest BCUT2D eigenvalue weighted by atomic mass is 10.4. The molecule has 0 aliphatic carbocycles. The lowest BCUT2D eigenvalue weighted by molar-refractivity contribution is 0.916. The van der Waals surface area contributed by atoms with E-state index in [0.717, 1.165) is 0 Å². The summed E-state index contributed by atoms with van der Waals surface area (Å²) < 4.78 is 0. The van der Waals surface area contributed by atoms with Crippen molar-refractivity contribution in [2.24, 2.45) is 0 Å². The Hall–Kier alpha value is -4.22. The largest absolute Gasteiger partial charge is 0.316 e. The SMILES string of the molecule is C=c1[nH]c(=O)/c(=c2\[nH]c(=O)/c(=c3\[nH]c(=O)c(=C)[nH]c3=O)[nH]c2=O)[nH]c1=O. The first-order valence-corrected chi connectivity index (χ1v) is 6.93. The zero-order chi connectivity index (χ0) is 19.2. The third-order valence-electron chi connectivity index (χ3n) is 3.44. The number of aromatic amines is 6. The molecule has 0 spiro atoms. The highest BCUT2D eigenvalue weighted by Crippen LogP contribution is 1.72. The molecule has 0 aromatic carbocycles. The van der Waals surface area contributed by atoms with Gasteiger partial charge < -0.3 is 29.9 Å². The van der Waals surface area contributed by atoms with Gasteiger partial charge >= 0.3 is 0 Å². The minimum absolute atomic E-state index is 0.230. The van der Waals surface area contributed by atoms with Gasteiger partial charge in [0.1, 0.15) is 21.4 Å². The van der Waals surface area contributed by atoms with Gasteiger partial charge in [0.25, 0.3) is 33.4 Å². The van der Waals surface area contributed by atoms with Crippen LogP contribution in [0.2, 0.25) is 0 Å². The van der Waals surface area contributed by atoms with Gasteiger partial charge in [-0.15, -0.1) is 0 Å². The number of aromatic nitrogens is 6. The molecule has 3 rings (SSSR count). The molecule has 0 bridgehead atoms. The Labute approximate surface area is 138 Å². The monoisotopic (exact) mass is 358 g/mol. The van der Waals surface area contributed by atoms with Crippen molar-refractivity contribution < 1.29 is 0 Å². The second-order valence-electron chi connectivity index (χ2n) is 5.18. The summed E-state index contributed by atoms with van der Waals surface area (Å²) in [4.78, 5) is 84.2. The first-order valence-electron chi connectivity index (χ1n) is 6.93. The summed E-state index contributed by atoms with van der Waals surface area (Å²) in [6.07, 6.45) is 0. The second-order valence-corrected chi connectivity index (χ2v) is 5.18. The molecular weight excluding hydrogens is 348 g/mol. The molecule has 0 radical (unpaired) electrons. The summed E-state index contributed by atoms with van der Waals surface area (Å²) in [7, 11) is 0. The highest BCUT2D eigenvalue weighted by atomic mass is 16.2. The van der Waals surface area contributed by atoms with E-state index in [2.05, 4.69) is 43.1 Å². The normalized spacial score (nSPS) is 13.5. The predicted octanol–water partition coefficient (Wildman–Crippen LogP) is -4.79. The minimum Gasteiger partial charge on any atom is -0.316 e. The lowest BCUT2D eigenvalue weighted by Crippen LogP contribution is -2.38. The number of rotatable bonds is 0. The van der Waals surface area contributed by atoms with Gasteiger partial charge in [-0.2, -0.15) is 0 Å². The Morgan fingerprint density at radius 1 is 0.385 bits per heavy atom. The third-order valence-corrected chi connectivity index (χ3v) is 3.44. The molecule has 0 aliphatic rings. The molecule has 3 aromatic heterocycles. The zero-order valence-electron chi connectivity index (χ0n) is 12.9. The van der Waals surface area contributed by atoms with Gasteiger partial charge in [0.15, 0.2) is 0 Å². The Balaban J connectivity index is 2.71. The molecule has 0 saturated carbocycles. The standard InChI is InChI=1S/C14H10N6O6/c1-3-9(21)17-5(11(23)15-3)7-13(25)20-8(14(26)19-7)6-12(24)16-4(2)10(22)18-6/h1-2H2,(H,15,23)(H,16,24)(H,17,21)(H,18,22)(H,19,26)(H,20,25)/b7-5+,8-6+. The number of H-pyrrole nitrogens is 6. The molecule has 26 heavy (non-hydrogen) atoms. The zero-order valence-corrected chi connectivity index (χ0v) is 12.9. The van der Waals surface area contributed by atoms with Crippen molar-refractivity contribution in [1.82, 2.24) is 29.9 Å². The van der Waals surface area contributed by atoms with Crippen molar-refractivity contribution in [1.29, 1.82) is 0 Å². The van der Waals surface area contributed by atoms with Crippen molar-refractivity contribution in [2.45, 2.75) is 0 Å². The maximum Gasteiger partial charge on any atom is 0.274 e. The van der Waals surface area contributed by atoms with Crippen LogP contribution >= 0.6 is 0 Å². The maximum atomic E-state index is 12.2. The van der Waals surface area contributed by atoms with E-state index in [1.807, 2.05) is 0 Å². The van der Waals surface area contributed by atoms with Crippen molar-refractivity contribution in [2.75, 3.05) is 0 Å². The van der Waals surface area contributed by atoms with Crippen LogP contribution in [0.1, 0.15) is 0 Å². The van der Waals surface area contributed by atoms with Crippen LogP contribution in [0.4, 0.5) is 0 Å². The number of hydrogen-bond acceptors (Lipinski definition) is 6. The van der Waals surface area contributed by atoms with Gasteiger partial charge in [0.2, 0.25) is 0 Å². The molecule has 3 heterocycles. The minimum atomic E-state index is -0.989. The van der Waals surface area contributed by atoms with Crippen LogP contribution in [-0.2, 0) is 0 Å². The molecule has 0 unspecified atom stereocenters. The summed E-state index contributed by atoms with van der Waals surface area (Å²) in [6.45, 7) is 6.60. The number of hydrogen-bond donors (Lipinski definition) is 6. The highest BCUT2D eigenvalue weighted by molar-refractivity contribution is 5.01. The molecule has 6 N–H and O–H groups in total. The van der Waals surface area contributed by atoms with Gasteiger partial charge in [0, 0.05) is 0 Å². The van der Waals surface area contributed by atoms with Crippen LogP contribution < -0.4 is 44.1 Å². The molecule has 0 fully saturated rings. The van der Waals surface area contributed by atoms with E-state index in [1.165, 1.54) is 0 Å². The fraction of sp³-hybridized carbons (Fsp3) is 0. The summed E-state index contributed by atoms with van der Waals surface area (Å²) in [5, 5.41) is -2.53. The summed E-state index contributed by atoms with van der Waals surface area (Å²) in [6, 6.07) is 0. The van der Waals surface area contributed by atoms with E-state index in [1.54, 1.807) is 0 Å². The van der Waals surface area contributed by atoms with E-state index >= 15 is 0 Å². The maximum absolute atomic E-state index is 12.2. The van der Waals surface area contributed by atoms with Gasteiger partial charge in [0.05, 0.1) is 10.7 Å². The van der Waals surface area contributed by atoms with Crippen molar-refractivity contribution in [3.05, 3.63) is 94.2 Å². The van der Waals surface area contributed by atoms with Gasteiger partial charge in [-0.1, -0.05) is 13.2 Å². The van der Waals surface area contributed by atoms with Crippen molar-refractivity contribution in [3.63, 3.8) is 0 Å². The van der Waals surface area contributed by atoms with E-state index in [0.29, 0.717) is 0 Å². The van der Waals surface area contributed by atoms with Crippen molar-refractivity contribution in [3.8, 4) is 0 Å². The Morgan fingerprint density at radius 2 is 0.615 bits per heavy atom. The first-order chi connectivity index (χ1) is 12.2. The molecule has 0 saturated heterocycles. The molecule has 12 nitrogen and oxygen atoms in total. The molecule has 132 valence electrons. The quantitative estimate of drug-likeness (QED) is 0.233. The Morgan fingerprint density at radius 3 is 0.923 bits per heavy atom. The summed E-state index contributed by atoms with van der Waals surface area (Å²) in [5.41, 5.74) is -5.24. The van der Waals surface area contributed by atoms with Gasteiger partial charge in [-0.05, 0) is 0 Å². The molecule has 12 heteroatoms. The van der Waals surface area contributed by atoms with Crippen LogP contribution in [0.3, 0.4) is 0 Å². The topological polar surface area (TPSA) is 197 Å². The Bertz CT molecular complexity index is 1570. The Kier molecular flexibility index (Phi) is 3.64. The summed E-state index contributed by atoms with van der Waals surface area (Å²) >= 11 is 0. The number of nitrogens with one attached hydrogen (secondary N) is 6. The second kappa shape index (κ2) is 5.70. The lowest BCUT2D eigenvalue weighted by Gasteiger charge is -1.92. The van der Waals surface area contributed by atoms with Crippen LogP contribution in [0.25, 0.3) is 13.2 Å². The smallest absolute Gasteiger partial charge is 0.274 e. The van der Waals surface area contributed by atoms with Crippen LogP contribution in [0.15, 0.2) is 28.8 Å². The molecule has 0 aliphatic heterocycles. The van der Waals surface area contributed by atoms with Crippen LogP contribution in [-0.4, -0.2) is 29.9 Å². The van der Waals surface area contributed by atoms with Crippen LogP contribution in [0.5, 0.6) is 0 Å². The van der Waals surface area contributed by atoms with E-state index in [-0.39, 0.29) is 10.7 Å². The molecule has 0 amide bonds. The van der Waals surface area contributed by atoms with Gasteiger partial charge in [-0.3, -0.25) is 28.8 Å². The molecule has 0 atom stereocenters. The fourth-order valence-electron chi connectivity index (χ4n) is 2.17. The van der Waals surface area contributed by atoms with E-state index in [9.17, 15) is 28.8 Å². The molecule has 3 aromatic rings.